The van der Waals surface area contributed by atoms with Crippen molar-refractivity contribution >= 4 is 23.4 Å². The summed E-state index contributed by atoms with van der Waals surface area (Å²) in [6.07, 6.45) is -0.509. The molecule has 1 amide bonds. The average molecular weight is 304 g/mol. The van der Waals surface area contributed by atoms with Crippen LogP contribution < -0.4 is 10.1 Å². The highest BCUT2D eigenvalue weighted by molar-refractivity contribution is 6.32. The molecule has 0 unspecified atom stereocenters. The van der Waals surface area contributed by atoms with Gasteiger partial charge in [0.25, 0.3) is 0 Å². The Bertz CT molecular complexity index is 672. The first-order chi connectivity index (χ1) is 9.88. The normalized spacial score (nSPS) is 10.3. The molecule has 0 saturated carbocycles. The zero-order valence-electron chi connectivity index (χ0n) is 12.6. The molecule has 2 aromatic rings. The second-order valence-corrected chi connectivity index (χ2v) is 5.51. The number of halogens is 1. The molecule has 4 heteroatoms. The molecule has 0 atom stereocenters. The molecule has 0 aliphatic rings. The summed E-state index contributed by atoms with van der Waals surface area (Å²) in [6, 6.07) is 9.24. The second kappa shape index (κ2) is 6.19. The van der Waals surface area contributed by atoms with Crippen LogP contribution in [0, 0.1) is 27.7 Å². The fourth-order valence-corrected chi connectivity index (χ4v) is 2.20. The van der Waals surface area contributed by atoms with E-state index < -0.39 is 6.09 Å². The first-order valence-corrected chi connectivity index (χ1v) is 7.08. The minimum atomic E-state index is -0.509. The van der Waals surface area contributed by atoms with Gasteiger partial charge in [0.15, 0.2) is 0 Å². The van der Waals surface area contributed by atoms with Gasteiger partial charge in [0.1, 0.15) is 5.75 Å². The first-order valence-electron chi connectivity index (χ1n) is 6.70. The van der Waals surface area contributed by atoms with E-state index >= 15 is 0 Å². The number of nitrogens with one attached hydrogen (secondary N) is 1. The molecule has 0 aliphatic carbocycles. The lowest BCUT2D eigenvalue weighted by Gasteiger charge is -2.12. The van der Waals surface area contributed by atoms with Crippen molar-refractivity contribution in [2.45, 2.75) is 27.7 Å². The Morgan fingerprint density at radius 3 is 2.29 bits per heavy atom. The molecule has 3 nitrogen and oxygen atoms in total. The van der Waals surface area contributed by atoms with Gasteiger partial charge in [-0.15, -0.1) is 0 Å². The number of anilines is 1. The Kier molecular flexibility index (Phi) is 4.53. The van der Waals surface area contributed by atoms with Gasteiger partial charge in [0.05, 0.1) is 0 Å². The summed E-state index contributed by atoms with van der Waals surface area (Å²) in [4.78, 5) is 12.0. The van der Waals surface area contributed by atoms with E-state index in [0.29, 0.717) is 10.8 Å². The quantitative estimate of drug-likeness (QED) is 0.829. The predicted molar refractivity (Wildman–Crippen MR) is 86.5 cm³/mol. The molecular formula is C17H18ClNO2. The molecule has 0 aliphatic heterocycles. The van der Waals surface area contributed by atoms with Crippen LogP contribution in [-0.4, -0.2) is 6.09 Å². The fourth-order valence-electron chi connectivity index (χ4n) is 2.09. The van der Waals surface area contributed by atoms with E-state index in [1.54, 1.807) is 12.1 Å². The van der Waals surface area contributed by atoms with Crippen LogP contribution in [0.25, 0.3) is 0 Å². The summed E-state index contributed by atoms with van der Waals surface area (Å²) in [5.74, 6) is 0.484. The van der Waals surface area contributed by atoms with Crippen LogP contribution in [0.5, 0.6) is 5.75 Å². The van der Waals surface area contributed by atoms with E-state index in [-0.39, 0.29) is 0 Å². The van der Waals surface area contributed by atoms with Crippen LogP contribution in [0.15, 0.2) is 30.3 Å². The Hall–Kier alpha value is -2.00. The van der Waals surface area contributed by atoms with Crippen molar-refractivity contribution in [2.24, 2.45) is 0 Å². The summed E-state index contributed by atoms with van der Waals surface area (Å²) in [7, 11) is 0. The third-order valence-corrected chi connectivity index (χ3v) is 4.06. The monoisotopic (exact) mass is 303 g/mol. The van der Waals surface area contributed by atoms with Crippen LogP contribution in [0.1, 0.15) is 22.3 Å². The van der Waals surface area contributed by atoms with Gasteiger partial charge in [-0.05, 0) is 68.1 Å². The zero-order chi connectivity index (χ0) is 15.6. The van der Waals surface area contributed by atoms with Crippen LogP contribution in [0.2, 0.25) is 5.02 Å². The Labute approximate surface area is 129 Å². The van der Waals surface area contributed by atoms with Gasteiger partial charge in [-0.1, -0.05) is 23.7 Å². The van der Waals surface area contributed by atoms with Crippen LogP contribution in [0.3, 0.4) is 0 Å². The lowest BCUT2D eigenvalue weighted by molar-refractivity contribution is 0.215. The SMILES string of the molecule is Cc1cccc(NC(=O)Oc2cc(C)c(Cl)c(C)c2)c1C. The number of hydrogen-bond donors (Lipinski definition) is 1. The maximum atomic E-state index is 12.0. The number of aryl methyl sites for hydroxylation is 3. The molecule has 1 N–H and O–H groups in total. The van der Waals surface area contributed by atoms with E-state index in [1.165, 1.54) is 0 Å². The standard InChI is InChI=1S/C17H18ClNO2/c1-10-6-5-7-15(13(10)4)19-17(20)21-14-8-11(2)16(18)12(3)9-14/h5-9H,1-4H3,(H,19,20). The van der Waals surface area contributed by atoms with Gasteiger partial charge < -0.3 is 4.74 Å². The van der Waals surface area contributed by atoms with Gasteiger partial charge in [-0.3, -0.25) is 5.32 Å². The number of amides is 1. The minimum absolute atomic E-state index is 0.484. The molecule has 21 heavy (non-hydrogen) atoms. The van der Waals surface area contributed by atoms with E-state index in [1.807, 2.05) is 45.9 Å². The predicted octanol–water partition coefficient (Wildman–Crippen LogP) is 5.18. The molecule has 2 rings (SSSR count). The van der Waals surface area contributed by atoms with E-state index in [2.05, 4.69) is 5.32 Å². The molecule has 0 heterocycles. The molecule has 0 spiro atoms. The summed E-state index contributed by atoms with van der Waals surface area (Å²) < 4.78 is 5.32. The summed E-state index contributed by atoms with van der Waals surface area (Å²) in [5.41, 5.74) is 4.66. The van der Waals surface area contributed by atoms with Crippen molar-refractivity contribution in [3.05, 3.63) is 57.6 Å². The van der Waals surface area contributed by atoms with E-state index in [4.69, 9.17) is 16.3 Å². The van der Waals surface area contributed by atoms with Crippen molar-refractivity contribution in [1.29, 1.82) is 0 Å². The molecule has 0 radical (unpaired) electrons. The van der Waals surface area contributed by atoms with Crippen molar-refractivity contribution in [1.82, 2.24) is 0 Å². The lowest BCUT2D eigenvalue weighted by atomic mass is 10.1. The molecule has 0 fully saturated rings. The maximum absolute atomic E-state index is 12.0. The highest BCUT2D eigenvalue weighted by Crippen LogP contribution is 2.26. The summed E-state index contributed by atoms with van der Waals surface area (Å²) in [6.45, 7) is 7.72. The number of ether oxygens (including phenoxy) is 1. The third kappa shape index (κ3) is 3.56. The third-order valence-electron chi connectivity index (χ3n) is 3.46. The van der Waals surface area contributed by atoms with Crippen LogP contribution in [-0.2, 0) is 0 Å². The largest absolute Gasteiger partial charge is 0.417 e. The molecular weight excluding hydrogens is 286 g/mol. The Morgan fingerprint density at radius 2 is 1.67 bits per heavy atom. The smallest absolute Gasteiger partial charge is 0.410 e. The van der Waals surface area contributed by atoms with Crippen LogP contribution >= 0.6 is 11.6 Å². The number of hydrogen-bond acceptors (Lipinski definition) is 2. The number of benzene rings is 2. The van der Waals surface area contributed by atoms with E-state index in [0.717, 1.165) is 27.9 Å². The van der Waals surface area contributed by atoms with Gasteiger partial charge in [-0.25, -0.2) is 4.79 Å². The Balaban J connectivity index is 2.14. The molecule has 2 aromatic carbocycles. The lowest BCUT2D eigenvalue weighted by Crippen LogP contribution is -2.17. The average Bonchev–Trinajstić information content (AvgIpc) is 2.41. The Morgan fingerprint density at radius 1 is 1.05 bits per heavy atom. The fraction of sp³-hybridized carbons (Fsp3) is 0.235. The van der Waals surface area contributed by atoms with Gasteiger partial charge in [0, 0.05) is 10.7 Å². The second-order valence-electron chi connectivity index (χ2n) is 5.13. The van der Waals surface area contributed by atoms with Crippen molar-refractivity contribution in [3.63, 3.8) is 0 Å². The highest BCUT2D eigenvalue weighted by atomic mass is 35.5. The zero-order valence-corrected chi connectivity index (χ0v) is 13.3. The molecule has 0 bridgehead atoms. The van der Waals surface area contributed by atoms with Gasteiger partial charge in [0.2, 0.25) is 0 Å². The summed E-state index contributed by atoms with van der Waals surface area (Å²) in [5, 5.41) is 3.45. The first kappa shape index (κ1) is 15.4. The van der Waals surface area contributed by atoms with Crippen LogP contribution in [0.4, 0.5) is 10.5 Å². The number of carbonyl (C=O) groups excluding carboxylic acids is 1. The molecule has 110 valence electrons. The number of rotatable bonds is 2. The van der Waals surface area contributed by atoms with Crippen molar-refractivity contribution < 1.29 is 9.53 Å². The van der Waals surface area contributed by atoms with Gasteiger partial charge in [-0.2, -0.15) is 0 Å². The van der Waals surface area contributed by atoms with E-state index in [9.17, 15) is 4.79 Å². The molecule has 0 saturated heterocycles. The van der Waals surface area contributed by atoms with Gasteiger partial charge >= 0.3 is 6.09 Å². The maximum Gasteiger partial charge on any atom is 0.417 e. The number of carbonyl (C=O) groups is 1. The topological polar surface area (TPSA) is 38.3 Å². The van der Waals surface area contributed by atoms with Crippen molar-refractivity contribution in [3.8, 4) is 5.75 Å². The minimum Gasteiger partial charge on any atom is -0.410 e. The van der Waals surface area contributed by atoms with Crippen molar-refractivity contribution in [2.75, 3.05) is 5.32 Å². The molecule has 0 aromatic heterocycles. The highest BCUT2D eigenvalue weighted by Gasteiger charge is 2.10. The summed E-state index contributed by atoms with van der Waals surface area (Å²) >= 11 is 6.10.